The van der Waals surface area contributed by atoms with Crippen molar-refractivity contribution in [2.75, 3.05) is 0 Å². The van der Waals surface area contributed by atoms with E-state index in [-0.39, 0.29) is 5.57 Å². The van der Waals surface area contributed by atoms with Gasteiger partial charge in [-0.05, 0) is 59.7 Å². The normalized spacial score (nSPS) is 13.4. The molecule has 1 aliphatic heterocycles. The maximum absolute atomic E-state index is 9.24. The third-order valence-electron chi connectivity index (χ3n) is 3.96. The van der Waals surface area contributed by atoms with Gasteiger partial charge < -0.3 is 4.74 Å². The Hall–Kier alpha value is -3.12. The zero-order valence-electron chi connectivity index (χ0n) is 15.1. The van der Waals surface area contributed by atoms with Gasteiger partial charge in [-0.15, -0.1) is 0 Å². The van der Waals surface area contributed by atoms with E-state index in [9.17, 15) is 10.5 Å². The summed E-state index contributed by atoms with van der Waals surface area (Å²) in [6, 6.07) is 19.6. The van der Waals surface area contributed by atoms with Crippen LogP contribution in [0.5, 0.6) is 0 Å². The first-order chi connectivity index (χ1) is 14.1. The van der Waals surface area contributed by atoms with E-state index in [1.807, 2.05) is 85.0 Å². The molecule has 1 heterocycles. The summed E-state index contributed by atoms with van der Waals surface area (Å²) in [5.74, 6) is 1.09. The predicted octanol–water partition coefficient (Wildman–Crippen LogP) is 7.08. The minimum Gasteiger partial charge on any atom is -0.457 e. The van der Waals surface area contributed by atoms with Crippen LogP contribution >= 0.6 is 31.9 Å². The average Bonchev–Trinajstić information content (AvgIpc) is 2.74. The van der Waals surface area contributed by atoms with Crippen LogP contribution in [0, 0.1) is 22.7 Å². The second kappa shape index (κ2) is 9.89. The van der Waals surface area contributed by atoms with Gasteiger partial charge in [0.2, 0.25) is 0 Å². The Morgan fingerprint density at radius 2 is 1.10 bits per heavy atom. The Balaban J connectivity index is 1.89. The molecular weight excluding hydrogens is 492 g/mol. The van der Waals surface area contributed by atoms with Crippen LogP contribution in [0.25, 0.3) is 12.2 Å². The van der Waals surface area contributed by atoms with Crippen LogP contribution < -0.4 is 0 Å². The highest BCUT2D eigenvalue weighted by atomic mass is 79.9. The molecule has 29 heavy (non-hydrogen) atoms. The number of rotatable bonds is 4. The summed E-state index contributed by atoms with van der Waals surface area (Å²) in [7, 11) is 0. The second-order valence-electron chi connectivity index (χ2n) is 6.02. The molecule has 5 heteroatoms. The molecule has 0 radical (unpaired) electrons. The van der Waals surface area contributed by atoms with Crippen molar-refractivity contribution in [2.24, 2.45) is 0 Å². The number of ether oxygens (including phenoxy) is 1. The first-order valence-electron chi connectivity index (χ1n) is 8.60. The molecule has 0 spiro atoms. The van der Waals surface area contributed by atoms with Gasteiger partial charge in [-0.25, -0.2) is 0 Å². The zero-order valence-corrected chi connectivity index (χ0v) is 18.3. The lowest BCUT2D eigenvalue weighted by atomic mass is 10.1. The molecule has 0 aliphatic carbocycles. The molecule has 0 atom stereocenters. The predicted molar refractivity (Wildman–Crippen MR) is 122 cm³/mol. The lowest BCUT2D eigenvalue weighted by Crippen LogP contribution is -1.98. The van der Waals surface area contributed by atoms with Crippen molar-refractivity contribution in [3.8, 4) is 12.1 Å². The molecule has 0 bridgehead atoms. The topological polar surface area (TPSA) is 56.8 Å². The Labute approximate surface area is 186 Å². The van der Waals surface area contributed by atoms with Crippen LogP contribution in [0.1, 0.15) is 11.1 Å². The minimum absolute atomic E-state index is 0.0392. The van der Waals surface area contributed by atoms with Crippen molar-refractivity contribution in [1.29, 1.82) is 10.5 Å². The third-order valence-corrected chi connectivity index (χ3v) is 5.02. The quantitative estimate of drug-likeness (QED) is 0.417. The largest absolute Gasteiger partial charge is 0.457 e. The molecule has 0 amide bonds. The maximum atomic E-state index is 9.24. The molecule has 0 unspecified atom stereocenters. The summed E-state index contributed by atoms with van der Waals surface area (Å²) in [5.41, 5.74) is 2.57. The van der Waals surface area contributed by atoms with Crippen LogP contribution in [0.15, 0.2) is 104 Å². The van der Waals surface area contributed by atoms with Crippen LogP contribution in [-0.4, -0.2) is 0 Å². The lowest BCUT2D eigenvalue weighted by molar-refractivity contribution is 0.332. The lowest BCUT2D eigenvalue weighted by Gasteiger charge is -2.14. The fourth-order valence-electron chi connectivity index (χ4n) is 2.51. The third kappa shape index (κ3) is 5.93. The van der Waals surface area contributed by atoms with Crippen LogP contribution in [-0.2, 0) is 4.74 Å². The van der Waals surface area contributed by atoms with E-state index in [0.717, 1.165) is 20.1 Å². The van der Waals surface area contributed by atoms with Crippen LogP contribution in [0.3, 0.4) is 0 Å². The van der Waals surface area contributed by atoms with Gasteiger partial charge in [-0.1, -0.05) is 68.3 Å². The van der Waals surface area contributed by atoms with Crippen molar-refractivity contribution in [2.45, 2.75) is 0 Å². The van der Waals surface area contributed by atoms with E-state index >= 15 is 0 Å². The summed E-state index contributed by atoms with van der Waals surface area (Å²) in [6.07, 6.45) is 10.8. The second-order valence-corrected chi connectivity index (χ2v) is 7.85. The van der Waals surface area contributed by atoms with Crippen LogP contribution in [0.4, 0.5) is 0 Å². The first-order valence-corrected chi connectivity index (χ1v) is 10.2. The maximum Gasteiger partial charge on any atom is 0.137 e. The first kappa shape index (κ1) is 20.6. The van der Waals surface area contributed by atoms with Gasteiger partial charge in [0.05, 0.1) is 0 Å². The van der Waals surface area contributed by atoms with Gasteiger partial charge in [0, 0.05) is 14.5 Å². The van der Waals surface area contributed by atoms with Crippen molar-refractivity contribution in [1.82, 2.24) is 0 Å². The molecule has 140 valence electrons. The fraction of sp³-hybridized carbons (Fsp3) is 0. The van der Waals surface area contributed by atoms with E-state index in [1.165, 1.54) is 0 Å². The fourth-order valence-corrected chi connectivity index (χ4v) is 3.04. The number of benzene rings is 2. The number of allylic oxidation sites excluding steroid dienone is 6. The highest BCUT2D eigenvalue weighted by molar-refractivity contribution is 9.10. The highest BCUT2D eigenvalue weighted by Gasteiger charge is 2.11. The smallest absolute Gasteiger partial charge is 0.137 e. The number of halogens is 2. The van der Waals surface area contributed by atoms with Crippen molar-refractivity contribution >= 4 is 44.0 Å². The monoisotopic (exact) mass is 504 g/mol. The van der Waals surface area contributed by atoms with E-state index in [4.69, 9.17) is 4.74 Å². The molecule has 2 aromatic rings. The van der Waals surface area contributed by atoms with E-state index < -0.39 is 0 Å². The van der Waals surface area contributed by atoms with Gasteiger partial charge in [-0.3, -0.25) is 0 Å². The molecule has 3 nitrogen and oxygen atoms in total. The number of hydrogen-bond acceptors (Lipinski definition) is 3. The summed E-state index contributed by atoms with van der Waals surface area (Å²) in [4.78, 5) is 0. The van der Waals surface area contributed by atoms with Gasteiger partial charge in [-0.2, -0.15) is 10.5 Å². The molecule has 0 saturated carbocycles. The van der Waals surface area contributed by atoms with E-state index in [2.05, 4.69) is 31.9 Å². The van der Waals surface area contributed by atoms with Gasteiger partial charge in [0.15, 0.2) is 0 Å². The van der Waals surface area contributed by atoms with Crippen LogP contribution in [0.2, 0.25) is 0 Å². The summed E-state index contributed by atoms with van der Waals surface area (Å²) >= 11 is 6.83. The molecule has 0 saturated heterocycles. The summed E-state index contributed by atoms with van der Waals surface area (Å²) < 4.78 is 7.93. The van der Waals surface area contributed by atoms with Gasteiger partial charge in [0.25, 0.3) is 0 Å². The summed E-state index contributed by atoms with van der Waals surface area (Å²) in [5, 5.41) is 18.5. The molecule has 0 fully saturated rings. The zero-order chi connectivity index (χ0) is 20.6. The Morgan fingerprint density at radius 3 is 1.48 bits per heavy atom. The Bertz CT molecular complexity index is 1050. The molecule has 0 aromatic heterocycles. The minimum atomic E-state index is 0.0392. The number of nitrogens with zero attached hydrogens (tertiary/aromatic N) is 2. The van der Waals surface area contributed by atoms with Crippen molar-refractivity contribution in [3.05, 3.63) is 116 Å². The molecule has 0 N–H and O–H groups in total. The Morgan fingerprint density at radius 1 is 0.690 bits per heavy atom. The number of nitriles is 2. The molecule has 3 rings (SSSR count). The highest BCUT2D eigenvalue weighted by Crippen LogP contribution is 2.25. The van der Waals surface area contributed by atoms with Crippen molar-refractivity contribution in [3.63, 3.8) is 0 Å². The number of hydrogen-bond donors (Lipinski definition) is 0. The van der Waals surface area contributed by atoms with Crippen molar-refractivity contribution < 1.29 is 4.74 Å². The van der Waals surface area contributed by atoms with E-state index in [1.54, 1.807) is 12.2 Å². The van der Waals surface area contributed by atoms with E-state index in [0.29, 0.717) is 17.1 Å². The average molecular weight is 506 g/mol. The Kier molecular flexibility index (Phi) is 7.03. The summed E-state index contributed by atoms with van der Waals surface area (Å²) in [6.45, 7) is 0. The standard InChI is InChI=1S/C24H14Br2N2O/c25-21-7-1-17(2-8-21)5-11-23-13-19(20(15-27)16-28)14-24(29-23)12-6-18-3-9-22(26)10-4-18/h1-14H. The molecular formula is C24H14Br2N2O. The molecule has 1 aliphatic rings. The molecule has 2 aromatic carbocycles. The van der Waals surface area contributed by atoms with Gasteiger partial charge in [0.1, 0.15) is 29.2 Å². The SMILES string of the molecule is N#CC(C#N)=C1C=C(C=Cc2ccc(Br)cc2)OC(C=Cc2ccc(Br)cc2)=C1. The van der Waals surface area contributed by atoms with Gasteiger partial charge >= 0.3 is 0 Å².